The SMILES string of the molecule is Cc1cccc(CNCc2ccc(Br)c(Cl)c2)c1. The van der Waals surface area contributed by atoms with Crippen LogP contribution in [0.2, 0.25) is 5.02 Å². The van der Waals surface area contributed by atoms with Gasteiger partial charge in [0.1, 0.15) is 0 Å². The first-order valence-electron chi connectivity index (χ1n) is 5.85. The van der Waals surface area contributed by atoms with Crippen LogP contribution < -0.4 is 5.32 Å². The van der Waals surface area contributed by atoms with Gasteiger partial charge in [0, 0.05) is 17.6 Å². The lowest BCUT2D eigenvalue weighted by Crippen LogP contribution is -2.12. The minimum Gasteiger partial charge on any atom is -0.309 e. The highest BCUT2D eigenvalue weighted by Crippen LogP contribution is 2.23. The molecular formula is C15H15BrClN. The number of hydrogen-bond donors (Lipinski definition) is 1. The van der Waals surface area contributed by atoms with Gasteiger partial charge < -0.3 is 5.32 Å². The molecule has 2 aromatic rings. The van der Waals surface area contributed by atoms with Crippen LogP contribution in [-0.4, -0.2) is 0 Å². The topological polar surface area (TPSA) is 12.0 Å². The van der Waals surface area contributed by atoms with E-state index in [1.54, 1.807) is 0 Å². The molecule has 0 unspecified atom stereocenters. The fourth-order valence-corrected chi connectivity index (χ4v) is 2.27. The Kier molecular flexibility index (Phi) is 4.81. The largest absolute Gasteiger partial charge is 0.309 e. The van der Waals surface area contributed by atoms with Crippen molar-refractivity contribution in [2.75, 3.05) is 0 Å². The lowest BCUT2D eigenvalue weighted by Gasteiger charge is -2.07. The van der Waals surface area contributed by atoms with Gasteiger partial charge in [0.05, 0.1) is 5.02 Å². The molecule has 0 spiro atoms. The molecule has 0 saturated heterocycles. The Bertz CT molecular complexity index is 540. The molecule has 2 aromatic carbocycles. The summed E-state index contributed by atoms with van der Waals surface area (Å²) in [7, 11) is 0. The van der Waals surface area contributed by atoms with E-state index in [0.717, 1.165) is 22.6 Å². The smallest absolute Gasteiger partial charge is 0.0551 e. The van der Waals surface area contributed by atoms with Gasteiger partial charge >= 0.3 is 0 Å². The van der Waals surface area contributed by atoms with Crippen LogP contribution in [-0.2, 0) is 13.1 Å². The number of nitrogens with one attached hydrogen (secondary N) is 1. The van der Waals surface area contributed by atoms with Crippen molar-refractivity contribution >= 4 is 27.5 Å². The molecule has 0 bridgehead atoms. The molecule has 0 radical (unpaired) electrons. The van der Waals surface area contributed by atoms with Gasteiger partial charge in [0.15, 0.2) is 0 Å². The fourth-order valence-electron chi connectivity index (χ4n) is 1.82. The molecule has 1 N–H and O–H groups in total. The average molecular weight is 325 g/mol. The van der Waals surface area contributed by atoms with Gasteiger partial charge in [0.25, 0.3) is 0 Å². The Morgan fingerprint density at radius 2 is 1.78 bits per heavy atom. The van der Waals surface area contributed by atoms with Crippen molar-refractivity contribution in [1.29, 1.82) is 0 Å². The maximum absolute atomic E-state index is 6.06. The highest BCUT2D eigenvalue weighted by molar-refractivity contribution is 9.10. The Hall–Kier alpha value is -0.830. The average Bonchev–Trinajstić information content (AvgIpc) is 2.34. The minimum absolute atomic E-state index is 0.754. The number of benzene rings is 2. The van der Waals surface area contributed by atoms with E-state index < -0.39 is 0 Å². The summed E-state index contributed by atoms with van der Waals surface area (Å²) in [5, 5.41) is 4.17. The molecule has 0 atom stereocenters. The second kappa shape index (κ2) is 6.37. The summed E-state index contributed by atoms with van der Waals surface area (Å²) in [6.07, 6.45) is 0. The molecule has 0 aliphatic heterocycles. The van der Waals surface area contributed by atoms with Gasteiger partial charge in [-0.15, -0.1) is 0 Å². The van der Waals surface area contributed by atoms with Crippen LogP contribution in [0.4, 0.5) is 0 Å². The molecule has 94 valence electrons. The van der Waals surface area contributed by atoms with Gasteiger partial charge in [-0.25, -0.2) is 0 Å². The van der Waals surface area contributed by atoms with E-state index >= 15 is 0 Å². The molecule has 1 nitrogen and oxygen atoms in total. The van der Waals surface area contributed by atoms with Crippen molar-refractivity contribution < 1.29 is 0 Å². The highest BCUT2D eigenvalue weighted by Gasteiger charge is 1.99. The van der Waals surface area contributed by atoms with Crippen molar-refractivity contribution in [2.45, 2.75) is 20.0 Å². The van der Waals surface area contributed by atoms with Crippen LogP contribution in [0.5, 0.6) is 0 Å². The quantitative estimate of drug-likeness (QED) is 0.859. The third-order valence-electron chi connectivity index (χ3n) is 2.72. The normalized spacial score (nSPS) is 10.6. The molecule has 0 fully saturated rings. The van der Waals surface area contributed by atoms with Gasteiger partial charge in [-0.3, -0.25) is 0 Å². The zero-order chi connectivity index (χ0) is 13.0. The predicted octanol–water partition coefficient (Wildman–Crippen LogP) is 4.70. The van der Waals surface area contributed by atoms with Crippen LogP contribution in [0, 0.1) is 6.92 Å². The van der Waals surface area contributed by atoms with E-state index in [0.29, 0.717) is 0 Å². The Balaban J connectivity index is 1.90. The van der Waals surface area contributed by atoms with Crippen LogP contribution >= 0.6 is 27.5 Å². The van der Waals surface area contributed by atoms with Crippen molar-refractivity contribution in [3.05, 3.63) is 68.7 Å². The van der Waals surface area contributed by atoms with E-state index in [9.17, 15) is 0 Å². The van der Waals surface area contributed by atoms with Crippen LogP contribution in [0.1, 0.15) is 16.7 Å². The molecule has 0 aliphatic carbocycles. The molecule has 0 aromatic heterocycles. The number of rotatable bonds is 4. The first kappa shape index (κ1) is 13.6. The summed E-state index contributed by atoms with van der Waals surface area (Å²) in [6, 6.07) is 14.6. The zero-order valence-electron chi connectivity index (χ0n) is 10.2. The van der Waals surface area contributed by atoms with Gasteiger partial charge in [0.2, 0.25) is 0 Å². The molecule has 3 heteroatoms. The number of halogens is 2. The molecular weight excluding hydrogens is 310 g/mol. The predicted molar refractivity (Wildman–Crippen MR) is 80.9 cm³/mol. The highest BCUT2D eigenvalue weighted by atomic mass is 79.9. The second-order valence-corrected chi connectivity index (χ2v) is 5.60. The third-order valence-corrected chi connectivity index (χ3v) is 3.96. The van der Waals surface area contributed by atoms with Crippen molar-refractivity contribution in [3.8, 4) is 0 Å². The van der Waals surface area contributed by atoms with E-state index in [1.807, 2.05) is 12.1 Å². The standard InChI is InChI=1S/C15H15BrClN/c1-11-3-2-4-12(7-11)9-18-10-13-5-6-14(16)15(17)8-13/h2-8,18H,9-10H2,1H3. The first-order chi connectivity index (χ1) is 8.65. The maximum atomic E-state index is 6.06. The molecule has 0 heterocycles. The van der Waals surface area contributed by atoms with Crippen molar-refractivity contribution in [2.24, 2.45) is 0 Å². The zero-order valence-corrected chi connectivity index (χ0v) is 12.6. The Morgan fingerprint density at radius 1 is 1.06 bits per heavy atom. The number of hydrogen-bond acceptors (Lipinski definition) is 1. The van der Waals surface area contributed by atoms with Crippen molar-refractivity contribution in [1.82, 2.24) is 5.32 Å². The van der Waals surface area contributed by atoms with E-state index in [2.05, 4.69) is 58.5 Å². The fraction of sp³-hybridized carbons (Fsp3) is 0.200. The third kappa shape index (κ3) is 3.84. The summed E-state index contributed by atoms with van der Waals surface area (Å²) < 4.78 is 0.937. The lowest BCUT2D eigenvalue weighted by atomic mass is 10.1. The van der Waals surface area contributed by atoms with Gasteiger partial charge in [-0.05, 0) is 46.1 Å². The lowest BCUT2D eigenvalue weighted by molar-refractivity contribution is 0.693. The summed E-state index contributed by atoms with van der Waals surface area (Å²) in [4.78, 5) is 0. The minimum atomic E-state index is 0.754. The molecule has 0 amide bonds. The van der Waals surface area contributed by atoms with Gasteiger partial charge in [-0.1, -0.05) is 47.5 Å². The molecule has 2 rings (SSSR count). The summed E-state index contributed by atoms with van der Waals surface area (Å²) in [6.45, 7) is 3.80. The maximum Gasteiger partial charge on any atom is 0.0551 e. The Labute approximate surface area is 121 Å². The van der Waals surface area contributed by atoms with Crippen LogP contribution in [0.15, 0.2) is 46.9 Å². The van der Waals surface area contributed by atoms with E-state index in [4.69, 9.17) is 11.6 Å². The molecule has 0 saturated carbocycles. The number of aryl methyl sites for hydroxylation is 1. The molecule has 0 aliphatic rings. The summed E-state index contributed by atoms with van der Waals surface area (Å²) in [5.74, 6) is 0. The Morgan fingerprint density at radius 3 is 2.44 bits per heavy atom. The van der Waals surface area contributed by atoms with Crippen LogP contribution in [0.3, 0.4) is 0 Å². The second-order valence-electron chi connectivity index (χ2n) is 4.34. The monoisotopic (exact) mass is 323 g/mol. The van der Waals surface area contributed by atoms with E-state index in [-0.39, 0.29) is 0 Å². The van der Waals surface area contributed by atoms with E-state index in [1.165, 1.54) is 16.7 Å². The summed E-state index contributed by atoms with van der Waals surface area (Å²) in [5.41, 5.74) is 3.79. The summed E-state index contributed by atoms with van der Waals surface area (Å²) >= 11 is 9.45. The van der Waals surface area contributed by atoms with Crippen LogP contribution in [0.25, 0.3) is 0 Å². The van der Waals surface area contributed by atoms with Gasteiger partial charge in [-0.2, -0.15) is 0 Å². The molecule has 18 heavy (non-hydrogen) atoms. The first-order valence-corrected chi connectivity index (χ1v) is 7.02. The van der Waals surface area contributed by atoms with Crippen molar-refractivity contribution in [3.63, 3.8) is 0 Å².